The molecule has 0 radical (unpaired) electrons. The van der Waals surface area contributed by atoms with Crippen LogP contribution in [0, 0.1) is 5.82 Å². The smallest absolute Gasteiger partial charge is 0.166 e. The van der Waals surface area contributed by atoms with Crippen molar-refractivity contribution in [2.75, 3.05) is 14.2 Å². The second-order valence-corrected chi connectivity index (χ2v) is 3.11. The van der Waals surface area contributed by atoms with Crippen LogP contribution in [0.4, 0.5) is 4.39 Å². The Labute approximate surface area is 87.8 Å². The van der Waals surface area contributed by atoms with Gasteiger partial charge in [-0.3, -0.25) is 4.79 Å². The molecule has 82 valence electrons. The highest BCUT2D eigenvalue weighted by molar-refractivity contribution is 5.97. The molecule has 1 aromatic carbocycles. The lowest BCUT2D eigenvalue weighted by Gasteiger charge is -2.10. The maximum absolute atomic E-state index is 13.8. The first-order chi connectivity index (χ1) is 7.11. The summed E-state index contributed by atoms with van der Waals surface area (Å²) in [6.07, 6.45) is 0. The molecule has 0 spiro atoms. The van der Waals surface area contributed by atoms with Gasteiger partial charge < -0.3 is 9.47 Å². The van der Waals surface area contributed by atoms with Gasteiger partial charge in [0.1, 0.15) is 11.6 Å². The molecule has 0 atom stereocenters. The lowest BCUT2D eigenvalue weighted by molar-refractivity contribution is 0.101. The van der Waals surface area contributed by atoms with Gasteiger partial charge in [-0.25, -0.2) is 4.39 Å². The molecule has 0 heterocycles. The standard InChI is InChI=1S/C11H13FO3/c1-7(13)10-9(15-3)5-4-8(6-14-2)11(10)12/h4-5H,6H2,1-3H3. The van der Waals surface area contributed by atoms with Gasteiger partial charge in [0.05, 0.1) is 19.3 Å². The van der Waals surface area contributed by atoms with Crippen LogP contribution in [0.15, 0.2) is 12.1 Å². The summed E-state index contributed by atoms with van der Waals surface area (Å²) in [4.78, 5) is 11.2. The molecule has 0 bridgehead atoms. The molecule has 1 aromatic rings. The number of halogens is 1. The van der Waals surface area contributed by atoms with E-state index in [-0.39, 0.29) is 23.7 Å². The van der Waals surface area contributed by atoms with Gasteiger partial charge in [-0.05, 0) is 13.0 Å². The largest absolute Gasteiger partial charge is 0.496 e. The van der Waals surface area contributed by atoms with Crippen LogP contribution in [0.1, 0.15) is 22.8 Å². The van der Waals surface area contributed by atoms with Crippen LogP contribution in [0.25, 0.3) is 0 Å². The van der Waals surface area contributed by atoms with E-state index < -0.39 is 5.82 Å². The number of carbonyl (C=O) groups excluding carboxylic acids is 1. The molecular formula is C11H13FO3. The van der Waals surface area contributed by atoms with E-state index in [1.807, 2.05) is 0 Å². The molecule has 1 rings (SSSR count). The van der Waals surface area contributed by atoms with Crippen LogP contribution in [-0.2, 0) is 11.3 Å². The fraction of sp³-hybridized carbons (Fsp3) is 0.364. The van der Waals surface area contributed by atoms with E-state index in [1.165, 1.54) is 21.1 Å². The first-order valence-electron chi connectivity index (χ1n) is 4.47. The Hall–Kier alpha value is -1.42. The summed E-state index contributed by atoms with van der Waals surface area (Å²) < 4.78 is 23.5. The molecule has 0 fully saturated rings. The van der Waals surface area contributed by atoms with Crippen molar-refractivity contribution in [3.63, 3.8) is 0 Å². The van der Waals surface area contributed by atoms with Crippen LogP contribution < -0.4 is 4.74 Å². The van der Waals surface area contributed by atoms with Crippen molar-refractivity contribution in [2.45, 2.75) is 13.5 Å². The maximum atomic E-state index is 13.8. The number of hydrogen-bond acceptors (Lipinski definition) is 3. The van der Waals surface area contributed by atoms with E-state index in [0.717, 1.165) is 0 Å². The Morgan fingerprint density at radius 1 is 1.40 bits per heavy atom. The molecular weight excluding hydrogens is 199 g/mol. The van der Waals surface area contributed by atoms with Crippen molar-refractivity contribution in [2.24, 2.45) is 0 Å². The second kappa shape index (κ2) is 4.89. The van der Waals surface area contributed by atoms with Crippen LogP contribution in [0.2, 0.25) is 0 Å². The highest BCUT2D eigenvalue weighted by Crippen LogP contribution is 2.25. The topological polar surface area (TPSA) is 35.5 Å². The number of Topliss-reactive ketones (excluding diaryl/α,β-unsaturated/α-hetero) is 1. The highest BCUT2D eigenvalue weighted by Gasteiger charge is 2.17. The Bertz CT molecular complexity index is 374. The number of hydrogen-bond donors (Lipinski definition) is 0. The molecule has 0 N–H and O–H groups in total. The monoisotopic (exact) mass is 212 g/mol. The third-order valence-corrected chi connectivity index (χ3v) is 2.06. The zero-order valence-electron chi connectivity index (χ0n) is 8.96. The van der Waals surface area contributed by atoms with E-state index in [4.69, 9.17) is 9.47 Å². The number of carbonyl (C=O) groups is 1. The van der Waals surface area contributed by atoms with Gasteiger partial charge in [0.2, 0.25) is 0 Å². The van der Waals surface area contributed by atoms with Crippen LogP contribution in [-0.4, -0.2) is 20.0 Å². The first kappa shape index (κ1) is 11.7. The molecule has 0 aliphatic rings. The van der Waals surface area contributed by atoms with Gasteiger partial charge in [-0.1, -0.05) is 6.07 Å². The van der Waals surface area contributed by atoms with Crippen LogP contribution in [0.3, 0.4) is 0 Å². The van der Waals surface area contributed by atoms with E-state index in [9.17, 15) is 9.18 Å². The Kier molecular flexibility index (Phi) is 3.80. The SMILES string of the molecule is COCc1ccc(OC)c(C(C)=O)c1F. The van der Waals surface area contributed by atoms with Gasteiger partial charge in [0.15, 0.2) is 5.78 Å². The third-order valence-electron chi connectivity index (χ3n) is 2.06. The normalized spacial score (nSPS) is 10.1. The van der Waals surface area contributed by atoms with E-state index in [1.54, 1.807) is 12.1 Å². The lowest BCUT2D eigenvalue weighted by Crippen LogP contribution is -2.05. The predicted octanol–water partition coefficient (Wildman–Crippen LogP) is 2.18. The average Bonchev–Trinajstić information content (AvgIpc) is 2.20. The third kappa shape index (κ3) is 2.33. The minimum atomic E-state index is -0.566. The summed E-state index contributed by atoms with van der Waals surface area (Å²) in [7, 11) is 2.87. The van der Waals surface area contributed by atoms with Crippen LogP contribution in [0.5, 0.6) is 5.75 Å². The Morgan fingerprint density at radius 2 is 2.07 bits per heavy atom. The molecule has 0 saturated carbocycles. The molecule has 15 heavy (non-hydrogen) atoms. The molecule has 0 unspecified atom stereocenters. The molecule has 0 saturated heterocycles. The Morgan fingerprint density at radius 3 is 2.53 bits per heavy atom. The van der Waals surface area contributed by atoms with E-state index in [2.05, 4.69) is 0 Å². The van der Waals surface area contributed by atoms with Crippen molar-refractivity contribution in [3.8, 4) is 5.75 Å². The molecule has 0 aromatic heterocycles. The quantitative estimate of drug-likeness (QED) is 0.717. The minimum absolute atomic E-state index is 0.0212. The molecule has 0 amide bonds. The van der Waals surface area contributed by atoms with Gasteiger partial charge in [0, 0.05) is 12.7 Å². The maximum Gasteiger partial charge on any atom is 0.166 e. The summed E-state index contributed by atoms with van der Waals surface area (Å²) >= 11 is 0. The summed E-state index contributed by atoms with van der Waals surface area (Å²) in [5.41, 5.74) is 0.329. The zero-order valence-corrected chi connectivity index (χ0v) is 8.96. The highest BCUT2D eigenvalue weighted by atomic mass is 19.1. The zero-order chi connectivity index (χ0) is 11.4. The molecule has 0 aliphatic carbocycles. The molecule has 4 heteroatoms. The lowest BCUT2D eigenvalue weighted by atomic mass is 10.1. The van der Waals surface area contributed by atoms with Crippen molar-refractivity contribution in [1.29, 1.82) is 0 Å². The van der Waals surface area contributed by atoms with E-state index >= 15 is 0 Å². The minimum Gasteiger partial charge on any atom is -0.496 e. The predicted molar refractivity (Wildman–Crippen MR) is 53.7 cm³/mol. The molecule has 0 aliphatic heterocycles. The second-order valence-electron chi connectivity index (χ2n) is 3.11. The van der Waals surface area contributed by atoms with Crippen molar-refractivity contribution < 1.29 is 18.7 Å². The van der Waals surface area contributed by atoms with Gasteiger partial charge >= 0.3 is 0 Å². The number of rotatable bonds is 4. The number of ether oxygens (including phenoxy) is 2. The van der Waals surface area contributed by atoms with Gasteiger partial charge in [-0.2, -0.15) is 0 Å². The number of methoxy groups -OCH3 is 2. The van der Waals surface area contributed by atoms with Crippen molar-refractivity contribution in [1.82, 2.24) is 0 Å². The fourth-order valence-corrected chi connectivity index (χ4v) is 1.37. The number of ketones is 1. The van der Waals surface area contributed by atoms with Gasteiger partial charge in [0.25, 0.3) is 0 Å². The van der Waals surface area contributed by atoms with Crippen LogP contribution >= 0.6 is 0 Å². The fourth-order valence-electron chi connectivity index (χ4n) is 1.37. The summed E-state index contributed by atoms with van der Waals surface area (Å²) in [6.45, 7) is 1.44. The van der Waals surface area contributed by atoms with Crippen molar-refractivity contribution >= 4 is 5.78 Å². The summed E-state index contributed by atoms with van der Waals surface area (Å²) in [5, 5.41) is 0. The summed E-state index contributed by atoms with van der Waals surface area (Å²) in [6, 6.07) is 3.11. The summed E-state index contributed by atoms with van der Waals surface area (Å²) in [5.74, 6) is -0.675. The van der Waals surface area contributed by atoms with Gasteiger partial charge in [-0.15, -0.1) is 0 Å². The van der Waals surface area contributed by atoms with Crippen molar-refractivity contribution in [3.05, 3.63) is 29.1 Å². The number of benzene rings is 1. The average molecular weight is 212 g/mol. The molecule has 3 nitrogen and oxygen atoms in total. The first-order valence-corrected chi connectivity index (χ1v) is 4.47. The van der Waals surface area contributed by atoms with E-state index in [0.29, 0.717) is 5.56 Å². The Balaban J connectivity index is 3.29.